The molecule has 2 atom stereocenters. The molecule has 1 fully saturated rings. The molecule has 0 bridgehead atoms. The minimum absolute atomic E-state index is 0.817. The summed E-state index contributed by atoms with van der Waals surface area (Å²) in [6, 6.07) is 2.00. The first kappa shape index (κ1) is 12.1. The van der Waals surface area contributed by atoms with Crippen LogP contribution in [0.1, 0.15) is 32.5 Å². The molecule has 0 aromatic carbocycles. The second-order valence-electron chi connectivity index (χ2n) is 4.97. The molecule has 1 saturated carbocycles. The van der Waals surface area contributed by atoms with Crippen molar-refractivity contribution in [1.82, 2.24) is 9.97 Å². The van der Waals surface area contributed by atoms with Crippen LogP contribution < -0.4 is 10.6 Å². The van der Waals surface area contributed by atoms with E-state index in [9.17, 15) is 0 Å². The second kappa shape index (κ2) is 5.34. The maximum Gasteiger partial charge on any atom is 0.131 e. The first-order chi connectivity index (χ1) is 8.19. The summed E-state index contributed by atoms with van der Waals surface area (Å²) in [6.45, 7) is 8.36. The van der Waals surface area contributed by atoms with E-state index >= 15 is 0 Å². The van der Waals surface area contributed by atoms with E-state index in [-0.39, 0.29) is 0 Å². The second-order valence-corrected chi connectivity index (χ2v) is 4.97. The lowest BCUT2D eigenvalue weighted by molar-refractivity contribution is 0.783. The van der Waals surface area contributed by atoms with Gasteiger partial charge in [-0.3, -0.25) is 0 Å². The van der Waals surface area contributed by atoms with E-state index in [1.165, 1.54) is 6.42 Å². The molecule has 4 nitrogen and oxygen atoms in total. The number of aryl methyl sites for hydroxylation is 1. The van der Waals surface area contributed by atoms with Crippen molar-refractivity contribution in [3.8, 4) is 0 Å². The van der Waals surface area contributed by atoms with Crippen LogP contribution in [0, 0.1) is 18.8 Å². The van der Waals surface area contributed by atoms with Gasteiger partial charge in [0, 0.05) is 19.2 Å². The first-order valence-electron chi connectivity index (χ1n) is 6.52. The first-order valence-corrected chi connectivity index (χ1v) is 6.52. The van der Waals surface area contributed by atoms with Crippen LogP contribution in [0.4, 0.5) is 11.6 Å². The van der Waals surface area contributed by atoms with Crippen LogP contribution in [0.15, 0.2) is 6.07 Å². The lowest BCUT2D eigenvalue weighted by Crippen LogP contribution is -2.09. The Morgan fingerprint density at radius 1 is 1.29 bits per heavy atom. The highest BCUT2D eigenvalue weighted by molar-refractivity contribution is 5.47. The van der Waals surface area contributed by atoms with Gasteiger partial charge >= 0.3 is 0 Å². The standard InChI is InChI=1S/C13H22N4/c1-4-5-14-12-7-13(17-10(3)16-12)15-8-11-6-9(11)2/h7,9,11H,4-6,8H2,1-3H3,(H2,14,15,16,17). The quantitative estimate of drug-likeness (QED) is 0.794. The van der Waals surface area contributed by atoms with Crippen molar-refractivity contribution >= 4 is 11.6 Å². The maximum atomic E-state index is 4.40. The van der Waals surface area contributed by atoms with Crippen molar-refractivity contribution in [2.24, 2.45) is 11.8 Å². The van der Waals surface area contributed by atoms with E-state index < -0.39 is 0 Å². The summed E-state index contributed by atoms with van der Waals surface area (Å²) in [6.07, 6.45) is 2.45. The van der Waals surface area contributed by atoms with Crippen LogP contribution >= 0.6 is 0 Å². The number of nitrogens with zero attached hydrogens (tertiary/aromatic N) is 2. The van der Waals surface area contributed by atoms with Crippen molar-refractivity contribution in [1.29, 1.82) is 0 Å². The fourth-order valence-corrected chi connectivity index (χ4v) is 1.92. The fraction of sp³-hybridized carbons (Fsp3) is 0.692. The molecule has 4 heteroatoms. The maximum absolute atomic E-state index is 4.40. The highest BCUT2D eigenvalue weighted by atomic mass is 15.1. The molecule has 0 aliphatic heterocycles. The molecular formula is C13H22N4. The van der Waals surface area contributed by atoms with Gasteiger partial charge in [0.2, 0.25) is 0 Å². The summed E-state index contributed by atoms with van der Waals surface area (Å²) in [5.41, 5.74) is 0. The number of rotatable bonds is 6. The zero-order valence-electron chi connectivity index (χ0n) is 11.0. The zero-order valence-corrected chi connectivity index (χ0v) is 11.0. The molecular weight excluding hydrogens is 212 g/mol. The zero-order chi connectivity index (χ0) is 12.3. The molecule has 0 radical (unpaired) electrons. The normalized spacial score (nSPS) is 22.3. The third-order valence-electron chi connectivity index (χ3n) is 3.22. The van der Waals surface area contributed by atoms with Crippen LogP contribution in [-0.2, 0) is 0 Å². The average Bonchev–Trinajstić information content (AvgIpc) is 2.99. The highest BCUT2D eigenvalue weighted by Gasteiger charge is 2.31. The van der Waals surface area contributed by atoms with E-state index in [2.05, 4.69) is 34.4 Å². The largest absolute Gasteiger partial charge is 0.370 e. The summed E-state index contributed by atoms with van der Waals surface area (Å²) in [4.78, 5) is 8.77. The molecule has 1 aliphatic carbocycles. The highest BCUT2D eigenvalue weighted by Crippen LogP contribution is 2.37. The number of nitrogens with one attached hydrogen (secondary N) is 2. The van der Waals surface area contributed by atoms with Crippen LogP contribution in [0.2, 0.25) is 0 Å². The van der Waals surface area contributed by atoms with Crippen molar-refractivity contribution in [3.05, 3.63) is 11.9 Å². The predicted molar refractivity (Wildman–Crippen MR) is 71.3 cm³/mol. The molecule has 0 spiro atoms. The van der Waals surface area contributed by atoms with E-state index in [0.29, 0.717) is 0 Å². The Morgan fingerprint density at radius 2 is 1.94 bits per heavy atom. The van der Waals surface area contributed by atoms with Gasteiger partial charge in [0.05, 0.1) is 0 Å². The van der Waals surface area contributed by atoms with Crippen molar-refractivity contribution in [2.45, 2.75) is 33.6 Å². The summed E-state index contributed by atoms with van der Waals surface area (Å²) < 4.78 is 0. The lowest BCUT2D eigenvalue weighted by Gasteiger charge is -2.09. The molecule has 2 rings (SSSR count). The fourth-order valence-electron chi connectivity index (χ4n) is 1.92. The summed E-state index contributed by atoms with van der Waals surface area (Å²) in [5.74, 6) is 4.39. The molecule has 2 unspecified atom stereocenters. The van der Waals surface area contributed by atoms with E-state index in [1.54, 1.807) is 0 Å². The topological polar surface area (TPSA) is 49.8 Å². The minimum Gasteiger partial charge on any atom is -0.370 e. The molecule has 2 N–H and O–H groups in total. The summed E-state index contributed by atoms with van der Waals surface area (Å²) >= 11 is 0. The Labute approximate surface area is 103 Å². The Hall–Kier alpha value is -1.32. The smallest absolute Gasteiger partial charge is 0.131 e. The van der Waals surface area contributed by atoms with Gasteiger partial charge < -0.3 is 10.6 Å². The van der Waals surface area contributed by atoms with E-state index in [0.717, 1.165) is 48.8 Å². The molecule has 1 aromatic rings. The molecule has 0 saturated heterocycles. The number of anilines is 2. The van der Waals surface area contributed by atoms with Crippen molar-refractivity contribution < 1.29 is 0 Å². The molecule has 1 aromatic heterocycles. The average molecular weight is 234 g/mol. The van der Waals surface area contributed by atoms with Crippen molar-refractivity contribution in [3.63, 3.8) is 0 Å². The van der Waals surface area contributed by atoms with Crippen molar-refractivity contribution in [2.75, 3.05) is 23.7 Å². The van der Waals surface area contributed by atoms with Crippen LogP contribution in [-0.4, -0.2) is 23.1 Å². The van der Waals surface area contributed by atoms with Gasteiger partial charge in [0.15, 0.2) is 0 Å². The molecule has 94 valence electrons. The van der Waals surface area contributed by atoms with E-state index in [1.807, 2.05) is 13.0 Å². The van der Waals surface area contributed by atoms with Gasteiger partial charge in [-0.15, -0.1) is 0 Å². The van der Waals surface area contributed by atoms with Crippen LogP contribution in [0.25, 0.3) is 0 Å². The minimum atomic E-state index is 0.817. The molecule has 1 aliphatic rings. The lowest BCUT2D eigenvalue weighted by atomic mass is 10.3. The molecule has 1 heterocycles. The summed E-state index contributed by atoms with van der Waals surface area (Å²) in [7, 11) is 0. The third-order valence-corrected chi connectivity index (χ3v) is 3.22. The van der Waals surface area contributed by atoms with Crippen LogP contribution in [0.5, 0.6) is 0 Å². The van der Waals surface area contributed by atoms with Gasteiger partial charge in [-0.2, -0.15) is 0 Å². The third kappa shape index (κ3) is 3.58. The van der Waals surface area contributed by atoms with Gasteiger partial charge in [0.25, 0.3) is 0 Å². The number of hydrogen-bond acceptors (Lipinski definition) is 4. The predicted octanol–water partition coefficient (Wildman–Crippen LogP) is 2.67. The van der Waals surface area contributed by atoms with Gasteiger partial charge in [-0.1, -0.05) is 13.8 Å². The Morgan fingerprint density at radius 3 is 2.53 bits per heavy atom. The van der Waals surface area contributed by atoms with Gasteiger partial charge in [0.1, 0.15) is 17.5 Å². The monoisotopic (exact) mass is 234 g/mol. The molecule has 0 amide bonds. The SMILES string of the molecule is CCCNc1cc(NCC2CC2C)nc(C)n1. The Bertz CT molecular complexity index is 378. The molecule has 17 heavy (non-hydrogen) atoms. The summed E-state index contributed by atoms with van der Waals surface area (Å²) in [5, 5.41) is 6.70. The Balaban J connectivity index is 1.93. The van der Waals surface area contributed by atoms with Gasteiger partial charge in [-0.25, -0.2) is 9.97 Å². The van der Waals surface area contributed by atoms with E-state index in [4.69, 9.17) is 0 Å². The number of hydrogen-bond donors (Lipinski definition) is 2. The van der Waals surface area contributed by atoms with Gasteiger partial charge in [-0.05, 0) is 31.6 Å². The number of aromatic nitrogens is 2. The Kier molecular flexibility index (Phi) is 3.82. The van der Waals surface area contributed by atoms with Crippen LogP contribution in [0.3, 0.4) is 0 Å².